The lowest BCUT2D eigenvalue weighted by Gasteiger charge is -2.27. The summed E-state index contributed by atoms with van der Waals surface area (Å²) in [7, 11) is 0. The minimum Gasteiger partial charge on any atom is -0.384 e. The van der Waals surface area contributed by atoms with Gasteiger partial charge in [-0.1, -0.05) is 38.3 Å². The van der Waals surface area contributed by atoms with Crippen LogP contribution in [0.3, 0.4) is 0 Å². The fourth-order valence-corrected chi connectivity index (χ4v) is 2.57. The van der Waals surface area contributed by atoms with E-state index in [1.54, 1.807) is 12.1 Å². The van der Waals surface area contributed by atoms with Crippen molar-refractivity contribution < 1.29 is 9.59 Å². The molecule has 25 heavy (non-hydrogen) atoms. The first-order valence-electron chi connectivity index (χ1n) is 8.32. The van der Waals surface area contributed by atoms with E-state index in [-0.39, 0.29) is 0 Å². The van der Waals surface area contributed by atoms with Crippen molar-refractivity contribution in [1.82, 2.24) is 5.32 Å². The first kappa shape index (κ1) is 19.1. The summed E-state index contributed by atoms with van der Waals surface area (Å²) >= 11 is 6.24. The normalized spacial score (nSPS) is 14.9. The number of amides is 2. The van der Waals surface area contributed by atoms with E-state index in [9.17, 15) is 9.59 Å². The number of primary amides is 1. The molecule has 0 bridgehead atoms. The maximum atomic E-state index is 12.0. The van der Waals surface area contributed by atoms with Gasteiger partial charge in [0.15, 0.2) is 0 Å². The van der Waals surface area contributed by atoms with Crippen LogP contribution in [0.4, 0.5) is 5.69 Å². The summed E-state index contributed by atoms with van der Waals surface area (Å²) < 4.78 is 0. The van der Waals surface area contributed by atoms with Gasteiger partial charge >= 0.3 is 0 Å². The molecule has 2 amide bonds. The second-order valence-electron chi connectivity index (χ2n) is 7.44. The molecule has 0 aliphatic heterocycles. The molecule has 0 radical (unpaired) electrons. The van der Waals surface area contributed by atoms with Gasteiger partial charge in [-0.3, -0.25) is 9.59 Å². The smallest absolute Gasteiger partial charge is 0.296 e. The van der Waals surface area contributed by atoms with Crippen LogP contribution >= 0.6 is 11.6 Å². The van der Waals surface area contributed by atoms with Crippen molar-refractivity contribution in [2.75, 3.05) is 11.9 Å². The average molecular weight is 362 g/mol. The lowest BCUT2D eigenvalue weighted by Crippen LogP contribution is -2.51. The topological polar surface area (TPSA) is 84.2 Å². The number of carbonyl (C=O) groups is 2. The first-order chi connectivity index (χ1) is 11.7. The molecule has 134 valence electrons. The summed E-state index contributed by atoms with van der Waals surface area (Å²) in [6.45, 7) is 6.39. The number of benzene rings is 1. The second-order valence-corrected chi connectivity index (χ2v) is 7.85. The molecule has 0 heterocycles. The number of hydrogen-bond acceptors (Lipinski definition) is 3. The Balaban J connectivity index is 2.00. The SMILES string of the molecule is CC(C)(C)C(NC(=O)C#Cc1ccc(NCC2CC2)c(Cl)c1)C(N)=O. The molecular formula is C19H24ClN3O2. The molecule has 1 saturated carbocycles. The highest BCUT2D eigenvalue weighted by Gasteiger charge is 2.30. The van der Waals surface area contributed by atoms with Gasteiger partial charge < -0.3 is 16.4 Å². The molecule has 1 aliphatic rings. The van der Waals surface area contributed by atoms with Crippen LogP contribution in [0.1, 0.15) is 39.2 Å². The molecule has 0 saturated heterocycles. The number of halogens is 1. The fourth-order valence-electron chi connectivity index (χ4n) is 2.32. The predicted molar refractivity (Wildman–Crippen MR) is 100 cm³/mol. The zero-order chi connectivity index (χ0) is 18.6. The Morgan fingerprint density at radius 1 is 1.36 bits per heavy atom. The molecule has 5 nitrogen and oxygen atoms in total. The quantitative estimate of drug-likeness (QED) is 0.704. The summed E-state index contributed by atoms with van der Waals surface area (Å²) in [5, 5.41) is 6.44. The van der Waals surface area contributed by atoms with E-state index in [1.165, 1.54) is 12.8 Å². The molecule has 6 heteroatoms. The van der Waals surface area contributed by atoms with Crippen LogP contribution in [0.25, 0.3) is 0 Å². The number of nitrogens with one attached hydrogen (secondary N) is 2. The van der Waals surface area contributed by atoms with E-state index >= 15 is 0 Å². The third kappa shape index (κ3) is 5.99. The zero-order valence-electron chi connectivity index (χ0n) is 14.8. The Labute approximate surface area is 153 Å². The van der Waals surface area contributed by atoms with Gasteiger partial charge in [-0.05, 0) is 42.4 Å². The highest BCUT2D eigenvalue weighted by Crippen LogP contribution is 2.30. The third-order valence-electron chi connectivity index (χ3n) is 3.99. The molecule has 4 N–H and O–H groups in total. The van der Waals surface area contributed by atoms with Crippen molar-refractivity contribution in [2.24, 2.45) is 17.1 Å². The lowest BCUT2D eigenvalue weighted by atomic mass is 9.86. The Hall–Kier alpha value is -2.19. The van der Waals surface area contributed by atoms with E-state index in [0.29, 0.717) is 10.6 Å². The van der Waals surface area contributed by atoms with Crippen molar-refractivity contribution in [1.29, 1.82) is 0 Å². The summed E-state index contributed by atoms with van der Waals surface area (Å²) in [4.78, 5) is 23.5. The van der Waals surface area contributed by atoms with E-state index in [2.05, 4.69) is 22.5 Å². The second kappa shape index (κ2) is 7.79. The van der Waals surface area contributed by atoms with Crippen molar-refractivity contribution in [3.8, 4) is 11.8 Å². The maximum absolute atomic E-state index is 12.0. The van der Waals surface area contributed by atoms with E-state index < -0.39 is 23.3 Å². The van der Waals surface area contributed by atoms with Crippen molar-refractivity contribution in [3.63, 3.8) is 0 Å². The highest BCUT2D eigenvalue weighted by atomic mass is 35.5. The Morgan fingerprint density at radius 2 is 2.04 bits per heavy atom. The zero-order valence-corrected chi connectivity index (χ0v) is 15.5. The minimum atomic E-state index is -0.785. The standard InChI is InChI=1S/C19H24ClN3O2/c1-19(2,3)17(18(21)25)23-16(24)9-7-12-6-8-15(14(20)10-12)22-11-13-4-5-13/h6,8,10,13,17,22H,4-5,11H2,1-3H3,(H2,21,25)(H,23,24). The van der Waals surface area contributed by atoms with Crippen molar-refractivity contribution in [3.05, 3.63) is 28.8 Å². The number of carbonyl (C=O) groups excluding carboxylic acids is 2. The molecule has 2 rings (SSSR count). The number of hydrogen-bond donors (Lipinski definition) is 3. The van der Waals surface area contributed by atoms with Crippen LogP contribution in [0.2, 0.25) is 5.02 Å². The molecule has 1 aliphatic carbocycles. The molecule has 1 atom stereocenters. The van der Waals surface area contributed by atoms with Gasteiger partial charge in [-0.15, -0.1) is 0 Å². The third-order valence-corrected chi connectivity index (χ3v) is 4.31. The van der Waals surface area contributed by atoms with Crippen LogP contribution in [-0.4, -0.2) is 24.4 Å². The molecule has 1 fully saturated rings. The van der Waals surface area contributed by atoms with Gasteiger partial charge in [-0.2, -0.15) is 0 Å². The van der Waals surface area contributed by atoms with Crippen molar-refractivity contribution in [2.45, 2.75) is 39.7 Å². The lowest BCUT2D eigenvalue weighted by molar-refractivity contribution is -0.127. The van der Waals surface area contributed by atoms with E-state index in [1.807, 2.05) is 26.8 Å². The molecule has 0 aromatic heterocycles. The molecule has 1 unspecified atom stereocenters. The summed E-state index contributed by atoms with van der Waals surface area (Å²) in [5.74, 6) is 4.85. The fraction of sp³-hybridized carbons (Fsp3) is 0.474. The molecule has 0 spiro atoms. The summed E-state index contributed by atoms with van der Waals surface area (Å²) in [6.07, 6.45) is 2.54. The van der Waals surface area contributed by atoms with Gasteiger partial charge in [0.1, 0.15) is 6.04 Å². The molecule has 1 aromatic carbocycles. The number of anilines is 1. The molecular weight excluding hydrogens is 338 g/mol. The highest BCUT2D eigenvalue weighted by molar-refractivity contribution is 6.33. The van der Waals surface area contributed by atoms with Gasteiger partial charge in [-0.25, -0.2) is 0 Å². The van der Waals surface area contributed by atoms with Gasteiger partial charge in [0.2, 0.25) is 5.91 Å². The molecule has 1 aromatic rings. The number of rotatable bonds is 5. The van der Waals surface area contributed by atoms with Gasteiger partial charge in [0.25, 0.3) is 5.91 Å². The predicted octanol–water partition coefficient (Wildman–Crippen LogP) is 2.53. The number of nitrogens with two attached hydrogens (primary N) is 1. The summed E-state index contributed by atoms with van der Waals surface area (Å²) in [6, 6.07) is 4.59. The monoisotopic (exact) mass is 361 g/mol. The van der Waals surface area contributed by atoms with E-state index in [0.717, 1.165) is 18.2 Å². The van der Waals surface area contributed by atoms with Crippen molar-refractivity contribution >= 4 is 29.1 Å². The van der Waals surface area contributed by atoms with Gasteiger partial charge in [0.05, 0.1) is 10.7 Å². The van der Waals surface area contributed by atoms with Gasteiger partial charge in [0, 0.05) is 18.0 Å². The Kier molecular flexibility index (Phi) is 5.97. The Bertz CT molecular complexity index is 724. The maximum Gasteiger partial charge on any atom is 0.296 e. The minimum absolute atomic E-state index is 0.485. The van der Waals surface area contributed by atoms with Crippen LogP contribution in [0.15, 0.2) is 18.2 Å². The van der Waals surface area contributed by atoms with Crippen LogP contribution < -0.4 is 16.4 Å². The first-order valence-corrected chi connectivity index (χ1v) is 8.70. The van der Waals surface area contributed by atoms with Crippen LogP contribution in [0, 0.1) is 23.2 Å². The summed E-state index contributed by atoms with van der Waals surface area (Å²) in [5.41, 5.74) is 6.35. The average Bonchev–Trinajstić information content (AvgIpc) is 3.32. The van der Waals surface area contributed by atoms with Crippen LogP contribution in [-0.2, 0) is 9.59 Å². The van der Waals surface area contributed by atoms with E-state index in [4.69, 9.17) is 17.3 Å². The largest absolute Gasteiger partial charge is 0.384 e. The Morgan fingerprint density at radius 3 is 2.56 bits per heavy atom. The van der Waals surface area contributed by atoms with Crippen LogP contribution in [0.5, 0.6) is 0 Å².